The van der Waals surface area contributed by atoms with Crippen LogP contribution in [-0.2, 0) is 11.2 Å². The van der Waals surface area contributed by atoms with Crippen LogP contribution in [0.1, 0.15) is 64.9 Å². The number of carbonyl (C=O) groups excluding carboxylic acids is 1. The lowest BCUT2D eigenvalue weighted by molar-refractivity contribution is 0.0482. The number of piperidine rings is 1. The number of rotatable bonds is 6. The van der Waals surface area contributed by atoms with E-state index in [0.29, 0.717) is 18.5 Å². The molecule has 4 atom stereocenters. The van der Waals surface area contributed by atoms with E-state index in [1.807, 2.05) is 39.0 Å². The molecule has 2 unspecified atom stereocenters. The number of benzene rings is 1. The van der Waals surface area contributed by atoms with Gasteiger partial charge in [-0.15, -0.1) is 0 Å². The molecule has 1 heterocycles. The van der Waals surface area contributed by atoms with E-state index in [9.17, 15) is 14.7 Å². The second-order valence-electron chi connectivity index (χ2n) is 10.3. The summed E-state index contributed by atoms with van der Waals surface area (Å²) in [6.07, 6.45) is 5.45. The third-order valence-electron chi connectivity index (χ3n) is 6.47. The van der Waals surface area contributed by atoms with E-state index >= 15 is 0 Å². The average Bonchev–Trinajstić information content (AvgIpc) is 2.72. The maximum atomic E-state index is 12.1. The molecule has 1 aliphatic carbocycles. The van der Waals surface area contributed by atoms with Gasteiger partial charge in [0.25, 0.3) is 0 Å². The summed E-state index contributed by atoms with van der Waals surface area (Å²) in [6.45, 7) is 7.10. The molecule has 0 bridgehead atoms. The minimum Gasteiger partial charge on any atom is -0.465 e. The third-order valence-corrected chi connectivity index (χ3v) is 6.47. The minimum absolute atomic E-state index is 0.00547. The molecule has 1 saturated heterocycles. The third kappa shape index (κ3) is 7.69. The monoisotopic (exact) mass is 445 g/mol. The van der Waals surface area contributed by atoms with Crippen LogP contribution in [0.3, 0.4) is 0 Å². The van der Waals surface area contributed by atoms with Gasteiger partial charge in [-0.05, 0) is 77.3 Å². The first kappa shape index (κ1) is 24.4. The topological polar surface area (TPSA) is 90.9 Å². The largest absolute Gasteiger partial charge is 0.465 e. The van der Waals surface area contributed by atoms with Crippen LogP contribution in [0.15, 0.2) is 30.3 Å². The molecule has 1 aliphatic heterocycles. The first-order valence-corrected chi connectivity index (χ1v) is 12.0. The van der Waals surface area contributed by atoms with Crippen LogP contribution in [-0.4, -0.2) is 59.0 Å². The number of hydrogen-bond donors (Lipinski definition) is 3. The lowest BCUT2D eigenvalue weighted by atomic mass is 9.85. The Kier molecular flexibility index (Phi) is 8.40. The zero-order chi connectivity index (χ0) is 23.1. The quantitative estimate of drug-likeness (QED) is 0.603. The predicted octanol–water partition coefficient (Wildman–Crippen LogP) is 4.41. The highest BCUT2D eigenvalue weighted by Crippen LogP contribution is 2.26. The summed E-state index contributed by atoms with van der Waals surface area (Å²) in [5.41, 5.74) is 0.689. The number of likely N-dealkylation sites (tertiary alicyclic amines) is 1. The molecule has 0 spiro atoms. The molecular formula is C25H39N3O4. The first-order valence-electron chi connectivity index (χ1n) is 12.0. The van der Waals surface area contributed by atoms with Gasteiger partial charge in [0.1, 0.15) is 5.60 Å². The molecule has 0 radical (unpaired) electrons. The van der Waals surface area contributed by atoms with E-state index in [2.05, 4.69) is 22.8 Å². The second-order valence-corrected chi connectivity index (χ2v) is 10.3. The highest BCUT2D eigenvalue weighted by molar-refractivity contribution is 5.68. The van der Waals surface area contributed by atoms with Crippen LogP contribution in [0.25, 0.3) is 0 Å². The standard InChI is InChI=1S/C25H39N3O4/c1-25(2,3)32-23(29)27-21-11-7-10-19(14-21)17-26-20-12-13-28(24(30)31)22(16-20)15-18-8-5-4-6-9-18/h4-6,8-9,19-22,26H,7,10-17H2,1-3H3,(H,27,29)(H,30,31)/t19-,20?,21+,22?/m0/s1. The maximum Gasteiger partial charge on any atom is 0.407 e. The van der Waals surface area contributed by atoms with Crippen LogP contribution < -0.4 is 10.6 Å². The Morgan fingerprint density at radius 2 is 1.84 bits per heavy atom. The fraction of sp³-hybridized carbons (Fsp3) is 0.680. The predicted molar refractivity (Wildman–Crippen MR) is 125 cm³/mol. The molecule has 2 amide bonds. The number of nitrogens with zero attached hydrogens (tertiary/aromatic N) is 1. The summed E-state index contributed by atoms with van der Waals surface area (Å²) in [4.78, 5) is 25.5. The first-order chi connectivity index (χ1) is 15.2. The van der Waals surface area contributed by atoms with Crippen molar-refractivity contribution in [2.45, 2.75) is 89.4 Å². The van der Waals surface area contributed by atoms with E-state index in [1.165, 1.54) is 5.56 Å². The number of ether oxygens (including phenoxy) is 1. The van der Waals surface area contributed by atoms with E-state index in [0.717, 1.165) is 51.5 Å². The highest BCUT2D eigenvalue weighted by atomic mass is 16.6. The van der Waals surface area contributed by atoms with Gasteiger partial charge in [-0.2, -0.15) is 0 Å². The highest BCUT2D eigenvalue weighted by Gasteiger charge is 2.32. The Morgan fingerprint density at radius 1 is 1.09 bits per heavy atom. The van der Waals surface area contributed by atoms with E-state index in [4.69, 9.17) is 4.74 Å². The zero-order valence-corrected chi connectivity index (χ0v) is 19.7. The number of hydrogen-bond acceptors (Lipinski definition) is 4. The Balaban J connectivity index is 1.48. The van der Waals surface area contributed by atoms with Crippen molar-refractivity contribution in [3.05, 3.63) is 35.9 Å². The van der Waals surface area contributed by atoms with Gasteiger partial charge < -0.3 is 25.4 Å². The molecule has 178 valence electrons. The molecule has 3 rings (SSSR count). The van der Waals surface area contributed by atoms with Crippen LogP contribution in [0.2, 0.25) is 0 Å². The van der Waals surface area contributed by atoms with Gasteiger partial charge in [-0.1, -0.05) is 36.8 Å². The number of alkyl carbamates (subject to hydrolysis) is 1. The smallest absolute Gasteiger partial charge is 0.407 e. The Labute approximate surface area is 191 Å². The van der Waals surface area contributed by atoms with Crippen molar-refractivity contribution in [3.8, 4) is 0 Å². The maximum absolute atomic E-state index is 12.1. The molecule has 1 saturated carbocycles. The molecule has 2 fully saturated rings. The lowest BCUT2D eigenvalue weighted by Gasteiger charge is -2.39. The molecule has 1 aromatic rings. The summed E-state index contributed by atoms with van der Waals surface area (Å²) >= 11 is 0. The van der Waals surface area contributed by atoms with Crippen molar-refractivity contribution in [1.29, 1.82) is 0 Å². The van der Waals surface area contributed by atoms with Gasteiger partial charge >= 0.3 is 12.2 Å². The summed E-state index contributed by atoms with van der Waals surface area (Å²) < 4.78 is 5.40. The average molecular weight is 446 g/mol. The van der Waals surface area contributed by atoms with Gasteiger partial charge in [-0.25, -0.2) is 9.59 Å². The Morgan fingerprint density at radius 3 is 2.53 bits per heavy atom. The molecule has 3 N–H and O–H groups in total. The van der Waals surface area contributed by atoms with E-state index in [1.54, 1.807) is 4.90 Å². The number of carbonyl (C=O) groups is 2. The molecular weight excluding hydrogens is 406 g/mol. The fourth-order valence-corrected chi connectivity index (χ4v) is 4.98. The van der Waals surface area contributed by atoms with Crippen molar-refractivity contribution < 1.29 is 19.4 Å². The molecule has 2 aliphatic rings. The van der Waals surface area contributed by atoms with Gasteiger partial charge in [0, 0.05) is 24.7 Å². The van der Waals surface area contributed by atoms with E-state index in [-0.39, 0.29) is 18.2 Å². The number of nitrogens with one attached hydrogen (secondary N) is 2. The zero-order valence-electron chi connectivity index (χ0n) is 19.7. The summed E-state index contributed by atoms with van der Waals surface area (Å²) in [5.74, 6) is 0.508. The van der Waals surface area contributed by atoms with Crippen LogP contribution >= 0.6 is 0 Å². The lowest BCUT2D eigenvalue weighted by Crippen LogP contribution is -2.52. The van der Waals surface area contributed by atoms with Crippen LogP contribution in [0, 0.1) is 5.92 Å². The molecule has 32 heavy (non-hydrogen) atoms. The van der Waals surface area contributed by atoms with Crippen molar-refractivity contribution in [2.75, 3.05) is 13.1 Å². The second kappa shape index (κ2) is 11.0. The molecule has 0 aromatic heterocycles. The van der Waals surface area contributed by atoms with Crippen LogP contribution in [0.5, 0.6) is 0 Å². The van der Waals surface area contributed by atoms with E-state index < -0.39 is 11.7 Å². The number of carboxylic acid groups (broad SMARTS) is 1. The molecule has 7 heteroatoms. The van der Waals surface area contributed by atoms with Gasteiger partial charge in [0.2, 0.25) is 0 Å². The minimum atomic E-state index is -0.826. The van der Waals surface area contributed by atoms with Crippen molar-refractivity contribution >= 4 is 12.2 Å². The van der Waals surface area contributed by atoms with Crippen LogP contribution in [0.4, 0.5) is 9.59 Å². The summed E-state index contributed by atoms with van der Waals surface area (Å²) in [6, 6.07) is 10.6. The van der Waals surface area contributed by atoms with Gasteiger partial charge in [-0.3, -0.25) is 0 Å². The van der Waals surface area contributed by atoms with Crippen molar-refractivity contribution in [1.82, 2.24) is 15.5 Å². The molecule has 1 aromatic carbocycles. The Hall–Kier alpha value is -2.28. The fourth-order valence-electron chi connectivity index (χ4n) is 4.98. The van der Waals surface area contributed by atoms with Crippen molar-refractivity contribution in [3.63, 3.8) is 0 Å². The summed E-state index contributed by atoms with van der Waals surface area (Å²) in [5, 5.41) is 16.4. The van der Waals surface area contributed by atoms with Gasteiger partial charge in [0.15, 0.2) is 0 Å². The normalized spacial score (nSPS) is 26.4. The SMILES string of the molecule is CC(C)(C)OC(=O)N[C@@H]1CCC[C@H](CNC2CCN(C(=O)O)C(Cc3ccccc3)C2)C1. The van der Waals surface area contributed by atoms with Crippen molar-refractivity contribution in [2.24, 2.45) is 5.92 Å². The Bertz CT molecular complexity index is 749. The number of amides is 2. The summed E-state index contributed by atoms with van der Waals surface area (Å²) in [7, 11) is 0. The van der Waals surface area contributed by atoms with Gasteiger partial charge in [0.05, 0.1) is 0 Å². The molecule has 7 nitrogen and oxygen atoms in total.